The molecule has 1 aromatic carbocycles. The van der Waals surface area contributed by atoms with Crippen molar-refractivity contribution in [3.05, 3.63) is 35.4 Å². The number of Topliss-reactive ketones (excluding diaryl/α,β-unsaturated/α-hetero) is 2. The van der Waals surface area contributed by atoms with Gasteiger partial charge in [0.05, 0.1) is 11.6 Å². The largest absolute Gasteiger partial charge is 0.300 e. The van der Waals surface area contributed by atoms with Gasteiger partial charge in [-0.25, -0.2) is 0 Å². The molecule has 1 aliphatic carbocycles. The maximum atomic E-state index is 12.0. The summed E-state index contributed by atoms with van der Waals surface area (Å²) in [6.07, 6.45) is 1.51. The summed E-state index contributed by atoms with van der Waals surface area (Å²) in [6.45, 7) is 0. The van der Waals surface area contributed by atoms with Crippen LogP contribution in [0.1, 0.15) is 35.2 Å². The predicted octanol–water partition coefficient (Wildman–Crippen LogP) is 2.11. The minimum atomic E-state index is -0.179. The van der Waals surface area contributed by atoms with Crippen molar-refractivity contribution in [3.8, 4) is 6.07 Å². The molecule has 80 valence electrons. The van der Waals surface area contributed by atoms with Crippen LogP contribution in [0, 0.1) is 17.2 Å². The number of carbonyl (C=O) groups excluding carboxylic acids is 2. The number of ketones is 2. The first kappa shape index (κ1) is 10.6. The minimum Gasteiger partial charge on any atom is -0.300 e. The van der Waals surface area contributed by atoms with Crippen LogP contribution in [0.4, 0.5) is 0 Å². The Labute approximate surface area is 93.7 Å². The van der Waals surface area contributed by atoms with Gasteiger partial charge in [0.25, 0.3) is 0 Å². The molecule has 0 aliphatic heterocycles. The predicted molar refractivity (Wildman–Crippen MR) is 57.8 cm³/mol. The lowest BCUT2D eigenvalue weighted by Crippen LogP contribution is -2.11. The van der Waals surface area contributed by atoms with Gasteiger partial charge in [0, 0.05) is 24.3 Å². The molecular formula is C13H11NO2. The van der Waals surface area contributed by atoms with Gasteiger partial charge in [0.2, 0.25) is 0 Å². The van der Waals surface area contributed by atoms with Crippen molar-refractivity contribution in [3.63, 3.8) is 0 Å². The molecule has 1 saturated carbocycles. The van der Waals surface area contributed by atoms with E-state index in [-0.39, 0.29) is 17.5 Å². The highest BCUT2D eigenvalue weighted by Crippen LogP contribution is 2.25. The highest BCUT2D eigenvalue weighted by Gasteiger charge is 2.28. The summed E-state index contributed by atoms with van der Waals surface area (Å²) in [6, 6.07) is 8.65. The van der Waals surface area contributed by atoms with Crippen molar-refractivity contribution in [1.29, 1.82) is 5.26 Å². The molecule has 0 radical (unpaired) electrons. The Morgan fingerprint density at radius 2 is 2.25 bits per heavy atom. The third-order valence-corrected chi connectivity index (χ3v) is 2.89. The van der Waals surface area contributed by atoms with E-state index >= 15 is 0 Å². The summed E-state index contributed by atoms with van der Waals surface area (Å²) in [7, 11) is 0. The summed E-state index contributed by atoms with van der Waals surface area (Å²) in [4.78, 5) is 23.1. The molecule has 0 bridgehead atoms. The van der Waals surface area contributed by atoms with Crippen molar-refractivity contribution in [2.45, 2.75) is 19.3 Å². The molecular weight excluding hydrogens is 202 g/mol. The van der Waals surface area contributed by atoms with Crippen LogP contribution < -0.4 is 0 Å². The number of benzene rings is 1. The number of rotatable bonds is 2. The zero-order chi connectivity index (χ0) is 11.5. The van der Waals surface area contributed by atoms with Gasteiger partial charge in [0.1, 0.15) is 5.78 Å². The molecule has 0 spiro atoms. The van der Waals surface area contributed by atoms with Gasteiger partial charge < -0.3 is 0 Å². The van der Waals surface area contributed by atoms with Crippen molar-refractivity contribution in [2.24, 2.45) is 5.92 Å². The highest BCUT2D eigenvalue weighted by atomic mass is 16.1. The molecule has 0 heterocycles. The Kier molecular flexibility index (Phi) is 2.82. The summed E-state index contributed by atoms with van der Waals surface area (Å²) >= 11 is 0. The minimum absolute atomic E-state index is 0.0112. The molecule has 3 nitrogen and oxygen atoms in total. The summed E-state index contributed by atoms with van der Waals surface area (Å²) in [5.41, 5.74) is 1.02. The van der Waals surface area contributed by atoms with E-state index in [1.165, 1.54) is 0 Å². The van der Waals surface area contributed by atoms with E-state index < -0.39 is 0 Å². The first-order valence-corrected chi connectivity index (χ1v) is 5.27. The third kappa shape index (κ3) is 2.01. The fourth-order valence-corrected chi connectivity index (χ4v) is 2.02. The van der Waals surface area contributed by atoms with Crippen LogP contribution >= 0.6 is 0 Å². The lowest BCUT2D eigenvalue weighted by molar-refractivity contribution is -0.117. The van der Waals surface area contributed by atoms with Gasteiger partial charge in [-0.2, -0.15) is 5.26 Å². The van der Waals surface area contributed by atoms with Crippen molar-refractivity contribution < 1.29 is 9.59 Å². The third-order valence-electron chi connectivity index (χ3n) is 2.89. The Balaban J connectivity index is 2.21. The van der Waals surface area contributed by atoms with Crippen LogP contribution in [0.5, 0.6) is 0 Å². The number of hydrogen-bond donors (Lipinski definition) is 0. The average molecular weight is 213 g/mol. The Bertz CT molecular complexity index is 485. The molecule has 1 aromatic rings. The first-order chi connectivity index (χ1) is 7.70. The number of hydrogen-bond acceptors (Lipinski definition) is 3. The van der Waals surface area contributed by atoms with E-state index in [9.17, 15) is 9.59 Å². The van der Waals surface area contributed by atoms with Gasteiger partial charge in [-0.15, -0.1) is 0 Å². The molecule has 16 heavy (non-hydrogen) atoms. The molecule has 3 heteroatoms. The normalized spacial score (nSPS) is 19.4. The highest BCUT2D eigenvalue weighted by molar-refractivity contribution is 6.01. The smallest absolute Gasteiger partial charge is 0.166 e. The van der Waals surface area contributed by atoms with Gasteiger partial charge in [0.15, 0.2) is 5.78 Å². The molecule has 0 amide bonds. The monoisotopic (exact) mass is 213 g/mol. The van der Waals surface area contributed by atoms with E-state index in [0.717, 1.165) is 0 Å². The zero-order valence-electron chi connectivity index (χ0n) is 8.77. The van der Waals surface area contributed by atoms with Crippen LogP contribution in [0.3, 0.4) is 0 Å². The molecule has 1 atom stereocenters. The molecule has 0 aromatic heterocycles. The standard InChI is InChI=1S/C13H11NO2/c14-8-9-2-1-3-10(6-9)13(16)11-4-5-12(15)7-11/h1-3,6,11H,4-5,7H2. The van der Waals surface area contributed by atoms with Crippen LogP contribution in [-0.2, 0) is 4.79 Å². The number of carbonyl (C=O) groups is 2. The van der Waals surface area contributed by atoms with Crippen LogP contribution in [-0.4, -0.2) is 11.6 Å². The lowest BCUT2D eigenvalue weighted by Gasteiger charge is -2.06. The molecule has 1 fully saturated rings. The van der Waals surface area contributed by atoms with Crippen LogP contribution in [0.25, 0.3) is 0 Å². The van der Waals surface area contributed by atoms with E-state index in [2.05, 4.69) is 0 Å². The van der Waals surface area contributed by atoms with Gasteiger partial charge >= 0.3 is 0 Å². The Morgan fingerprint density at radius 1 is 1.44 bits per heavy atom. The SMILES string of the molecule is N#Cc1cccc(C(=O)C2CCC(=O)C2)c1. The molecule has 1 aliphatic rings. The average Bonchev–Trinajstić information content (AvgIpc) is 2.75. The number of nitriles is 1. The van der Waals surface area contributed by atoms with Gasteiger partial charge in [-0.05, 0) is 18.6 Å². The lowest BCUT2D eigenvalue weighted by atomic mass is 9.95. The van der Waals surface area contributed by atoms with E-state index in [1.807, 2.05) is 6.07 Å². The van der Waals surface area contributed by atoms with Crippen molar-refractivity contribution in [2.75, 3.05) is 0 Å². The second-order valence-corrected chi connectivity index (χ2v) is 4.04. The maximum absolute atomic E-state index is 12.0. The van der Waals surface area contributed by atoms with Crippen LogP contribution in [0.2, 0.25) is 0 Å². The van der Waals surface area contributed by atoms with E-state index in [0.29, 0.717) is 30.4 Å². The van der Waals surface area contributed by atoms with Gasteiger partial charge in [-0.3, -0.25) is 9.59 Å². The van der Waals surface area contributed by atoms with Crippen molar-refractivity contribution >= 4 is 11.6 Å². The Hall–Kier alpha value is -1.95. The van der Waals surface area contributed by atoms with Crippen LogP contribution in [0.15, 0.2) is 24.3 Å². The van der Waals surface area contributed by atoms with Gasteiger partial charge in [-0.1, -0.05) is 12.1 Å². The zero-order valence-corrected chi connectivity index (χ0v) is 8.77. The fraction of sp³-hybridized carbons (Fsp3) is 0.308. The van der Waals surface area contributed by atoms with E-state index in [4.69, 9.17) is 5.26 Å². The topological polar surface area (TPSA) is 57.9 Å². The second kappa shape index (κ2) is 4.28. The molecule has 0 saturated heterocycles. The quantitative estimate of drug-likeness (QED) is 0.707. The summed E-state index contributed by atoms with van der Waals surface area (Å²) < 4.78 is 0. The fourth-order valence-electron chi connectivity index (χ4n) is 2.02. The first-order valence-electron chi connectivity index (χ1n) is 5.27. The second-order valence-electron chi connectivity index (χ2n) is 4.04. The van der Waals surface area contributed by atoms with Crippen molar-refractivity contribution in [1.82, 2.24) is 0 Å². The van der Waals surface area contributed by atoms with E-state index in [1.54, 1.807) is 24.3 Å². The maximum Gasteiger partial charge on any atom is 0.166 e. The summed E-state index contributed by atoms with van der Waals surface area (Å²) in [5.74, 6) is -0.0285. The number of nitrogens with zero attached hydrogens (tertiary/aromatic N) is 1. The molecule has 2 rings (SSSR count). The summed E-state index contributed by atoms with van der Waals surface area (Å²) in [5, 5.41) is 8.74. The molecule has 1 unspecified atom stereocenters. The Morgan fingerprint density at radius 3 is 2.88 bits per heavy atom. The molecule has 0 N–H and O–H groups in total.